The first-order valence-electron chi connectivity index (χ1n) is 10.0. The molecule has 3 heterocycles. The van der Waals surface area contributed by atoms with Gasteiger partial charge in [-0.05, 0) is 30.3 Å². The molecule has 0 atom stereocenters. The lowest BCUT2D eigenvalue weighted by Gasteiger charge is -2.35. The Morgan fingerprint density at radius 1 is 1.07 bits per heavy atom. The maximum absolute atomic E-state index is 12.2. The molecule has 2 aromatic carbocycles. The molecule has 0 spiro atoms. The number of aromatic amines is 2. The second-order valence-corrected chi connectivity index (χ2v) is 7.86. The van der Waals surface area contributed by atoms with E-state index in [1.54, 1.807) is 18.2 Å². The number of hydrogen-bond donors (Lipinski definition) is 3. The minimum absolute atomic E-state index is 0.168. The number of H-pyrrole nitrogens is 2. The van der Waals surface area contributed by atoms with Crippen LogP contribution >= 0.6 is 11.6 Å². The Morgan fingerprint density at radius 2 is 1.90 bits per heavy atom. The van der Waals surface area contributed by atoms with Gasteiger partial charge in [-0.3, -0.25) is 19.8 Å². The summed E-state index contributed by atoms with van der Waals surface area (Å²) >= 11 is 6.02. The molecular formula is C21H22ClN7O. The van der Waals surface area contributed by atoms with Crippen LogP contribution < -0.4 is 15.8 Å². The van der Waals surface area contributed by atoms with Gasteiger partial charge in [-0.1, -0.05) is 23.7 Å². The lowest BCUT2D eigenvalue weighted by Crippen LogP contribution is -2.47. The number of aromatic nitrogens is 4. The molecule has 0 aliphatic carbocycles. The minimum Gasteiger partial charge on any atom is -0.354 e. The van der Waals surface area contributed by atoms with Crippen molar-refractivity contribution in [2.45, 2.75) is 0 Å². The third-order valence-electron chi connectivity index (χ3n) is 5.51. The molecule has 9 heteroatoms. The lowest BCUT2D eigenvalue weighted by atomic mass is 10.2. The van der Waals surface area contributed by atoms with Gasteiger partial charge in [0.2, 0.25) is 5.95 Å². The molecule has 2 aromatic heterocycles. The van der Waals surface area contributed by atoms with Crippen molar-refractivity contribution in [2.24, 2.45) is 0 Å². The fourth-order valence-corrected chi connectivity index (χ4v) is 4.07. The first-order chi connectivity index (χ1) is 14.7. The zero-order valence-electron chi connectivity index (χ0n) is 16.4. The average Bonchev–Trinajstić information content (AvgIpc) is 3.18. The number of nitrogens with zero attached hydrogens (tertiary/aromatic N) is 4. The zero-order valence-corrected chi connectivity index (χ0v) is 17.1. The van der Waals surface area contributed by atoms with E-state index in [1.165, 1.54) is 5.39 Å². The number of anilines is 2. The predicted molar refractivity (Wildman–Crippen MR) is 121 cm³/mol. The molecule has 0 saturated carbocycles. The van der Waals surface area contributed by atoms with E-state index in [2.05, 4.69) is 41.3 Å². The van der Waals surface area contributed by atoms with Crippen LogP contribution in [0.4, 0.5) is 11.8 Å². The van der Waals surface area contributed by atoms with E-state index >= 15 is 0 Å². The molecule has 0 bridgehead atoms. The van der Waals surface area contributed by atoms with Crippen molar-refractivity contribution in [3.8, 4) is 0 Å². The summed E-state index contributed by atoms with van der Waals surface area (Å²) in [7, 11) is 0. The SMILES string of the molecule is O=c1[nH]c(NCCN2CCN(c3n[nH]c4ccccc34)CC2)nc2cc(Cl)ccc12. The van der Waals surface area contributed by atoms with E-state index in [4.69, 9.17) is 11.6 Å². The molecule has 1 aliphatic rings. The van der Waals surface area contributed by atoms with E-state index in [0.717, 1.165) is 44.1 Å². The summed E-state index contributed by atoms with van der Waals surface area (Å²) in [5.74, 6) is 1.50. The normalized spacial score (nSPS) is 15.2. The number of benzene rings is 2. The number of piperazine rings is 1. The van der Waals surface area contributed by atoms with Crippen LogP contribution in [0.3, 0.4) is 0 Å². The van der Waals surface area contributed by atoms with Crippen LogP contribution in [0.25, 0.3) is 21.8 Å². The van der Waals surface area contributed by atoms with Gasteiger partial charge in [0.05, 0.1) is 16.4 Å². The quantitative estimate of drug-likeness (QED) is 0.457. The van der Waals surface area contributed by atoms with Crippen molar-refractivity contribution >= 4 is 45.2 Å². The van der Waals surface area contributed by atoms with Gasteiger partial charge < -0.3 is 10.2 Å². The van der Waals surface area contributed by atoms with E-state index in [9.17, 15) is 4.79 Å². The maximum Gasteiger partial charge on any atom is 0.260 e. The number of nitrogens with one attached hydrogen (secondary N) is 3. The Kier molecular flexibility index (Phi) is 5.02. The second kappa shape index (κ2) is 7.97. The molecule has 1 fully saturated rings. The molecule has 30 heavy (non-hydrogen) atoms. The molecule has 4 aromatic rings. The van der Waals surface area contributed by atoms with Crippen molar-refractivity contribution in [3.05, 3.63) is 57.8 Å². The van der Waals surface area contributed by atoms with Crippen LogP contribution in [-0.2, 0) is 0 Å². The van der Waals surface area contributed by atoms with Crippen LogP contribution in [0, 0.1) is 0 Å². The van der Waals surface area contributed by atoms with Gasteiger partial charge >= 0.3 is 0 Å². The summed E-state index contributed by atoms with van der Waals surface area (Å²) in [5.41, 5.74) is 1.49. The van der Waals surface area contributed by atoms with E-state index in [0.29, 0.717) is 28.4 Å². The summed E-state index contributed by atoms with van der Waals surface area (Å²) in [6, 6.07) is 13.3. The van der Waals surface area contributed by atoms with Gasteiger partial charge in [-0.2, -0.15) is 5.10 Å². The smallest absolute Gasteiger partial charge is 0.260 e. The van der Waals surface area contributed by atoms with Gasteiger partial charge in [-0.25, -0.2) is 4.98 Å². The third-order valence-corrected chi connectivity index (χ3v) is 5.75. The molecule has 8 nitrogen and oxygen atoms in total. The van der Waals surface area contributed by atoms with Crippen molar-refractivity contribution in [3.63, 3.8) is 0 Å². The highest BCUT2D eigenvalue weighted by Crippen LogP contribution is 2.24. The Labute approximate surface area is 177 Å². The molecular weight excluding hydrogens is 402 g/mol. The first-order valence-corrected chi connectivity index (χ1v) is 10.4. The summed E-state index contributed by atoms with van der Waals surface area (Å²) in [5, 5.41) is 13.1. The molecule has 1 saturated heterocycles. The van der Waals surface area contributed by atoms with Crippen molar-refractivity contribution < 1.29 is 0 Å². The van der Waals surface area contributed by atoms with Crippen molar-refractivity contribution in [2.75, 3.05) is 49.5 Å². The Bertz CT molecular complexity index is 1240. The van der Waals surface area contributed by atoms with E-state index < -0.39 is 0 Å². The topological polar surface area (TPSA) is 92.9 Å². The highest BCUT2D eigenvalue weighted by atomic mass is 35.5. The maximum atomic E-state index is 12.2. The molecule has 0 unspecified atom stereocenters. The number of hydrogen-bond acceptors (Lipinski definition) is 6. The van der Waals surface area contributed by atoms with Crippen LogP contribution in [-0.4, -0.2) is 64.3 Å². The lowest BCUT2D eigenvalue weighted by molar-refractivity contribution is 0.267. The van der Waals surface area contributed by atoms with Crippen LogP contribution in [0.5, 0.6) is 0 Å². The number of rotatable bonds is 5. The fourth-order valence-electron chi connectivity index (χ4n) is 3.90. The molecule has 0 amide bonds. The Hall–Kier alpha value is -3.10. The fraction of sp³-hybridized carbons (Fsp3) is 0.286. The average molecular weight is 424 g/mol. The molecule has 154 valence electrons. The standard InChI is InChI=1S/C21H22ClN7O/c22-14-5-6-16-18(13-14)24-21(25-20(16)30)23-7-8-28-9-11-29(12-10-28)19-15-3-1-2-4-17(15)26-27-19/h1-6,13H,7-12H2,(H,26,27)(H2,23,24,25,30). The highest BCUT2D eigenvalue weighted by Gasteiger charge is 2.20. The Balaban J connectivity index is 1.17. The summed E-state index contributed by atoms with van der Waals surface area (Å²) in [4.78, 5) is 24.2. The van der Waals surface area contributed by atoms with E-state index in [1.807, 2.05) is 18.2 Å². The molecule has 5 rings (SSSR count). The van der Waals surface area contributed by atoms with Gasteiger partial charge in [0.1, 0.15) is 0 Å². The summed E-state index contributed by atoms with van der Waals surface area (Å²) < 4.78 is 0. The summed E-state index contributed by atoms with van der Waals surface area (Å²) in [6.07, 6.45) is 0. The van der Waals surface area contributed by atoms with Crippen LogP contribution in [0.2, 0.25) is 5.02 Å². The number of fused-ring (bicyclic) bond motifs is 2. The number of halogens is 1. The molecule has 1 aliphatic heterocycles. The molecule has 0 radical (unpaired) electrons. The van der Waals surface area contributed by atoms with E-state index in [-0.39, 0.29) is 5.56 Å². The van der Waals surface area contributed by atoms with Crippen LogP contribution in [0.15, 0.2) is 47.3 Å². The highest BCUT2D eigenvalue weighted by molar-refractivity contribution is 6.31. The van der Waals surface area contributed by atoms with Gasteiger partial charge in [0.15, 0.2) is 5.82 Å². The Morgan fingerprint density at radius 3 is 2.77 bits per heavy atom. The monoisotopic (exact) mass is 423 g/mol. The third kappa shape index (κ3) is 3.71. The van der Waals surface area contributed by atoms with Gasteiger partial charge in [-0.15, -0.1) is 0 Å². The summed E-state index contributed by atoms with van der Waals surface area (Å²) in [6.45, 7) is 5.34. The van der Waals surface area contributed by atoms with Crippen molar-refractivity contribution in [1.29, 1.82) is 0 Å². The molecule has 3 N–H and O–H groups in total. The largest absolute Gasteiger partial charge is 0.354 e. The van der Waals surface area contributed by atoms with Crippen LogP contribution in [0.1, 0.15) is 0 Å². The number of para-hydroxylation sites is 1. The predicted octanol–water partition coefficient (Wildman–Crippen LogP) is 2.69. The minimum atomic E-state index is -0.168. The second-order valence-electron chi connectivity index (χ2n) is 7.42. The first kappa shape index (κ1) is 18.9. The van der Waals surface area contributed by atoms with Gasteiger partial charge in [0, 0.05) is 49.7 Å². The zero-order chi connectivity index (χ0) is 20.5. The van der Waals surface area contributed by atoms with Crippen molar-refractivity contribution in [1.82, 2.24) is 25.1 Å². The van der Waals surface area contributed by atoms with Gasteiger partial charge in [0.25, 0.3) is 5.56 Å².